The van der Waals surface area contributed by atoms with Crippen molar-refractivity contribution in [2.75, 3.05) is 0 Å². The monoisotopic (exact) mass is 295 g/mol. The van der Waals surface area contributed by atoms with Crippen LogP contribution in [0.15, 0.2) is 0 Å². The maximum absolute atomic E-state index is 2.29. The van der Waals surface area contributed by atoms with Gasteiger partial charge >= 0.3 is 58.2 Å². The molecule has 0 unspecified atom stereocenters. The van der Waals surface area contributed by atoms with Gasteiger partial charge in [-0.25, -0.2) is 0 Å². The molecule has 0 atom stereocenters. The molecular weight excluding hydrogens is 281 g/mol. The Morgan fingerprint density at radius 3 is 1.71 bits per heavy atom. The summed E-state index contributed by atoms with van der Waals surface area (Å²) in [5, 5.41) is 0. The molecule has 1 heteroatoms. The van der Waals surface area contributed by atoms with Crippen molar-refractivity contribution in [2.24, 2.45) is 0 Å². The molecule has 0 aromatic rings. The molecular formula is C6H14Bi. The summed E-state index contributed by atoms with van der Waals surface area (Å²) in [6.07, 6.45) is 2.88. The van der Waals surface area contributed by atoms with Gasteiger partial charge in [0.15, 0.2) is 0 Å². The van der Waals surface area contributed by atoms with Crippen molar-refractivity contribution < 1.29 is 0 Å². The van der Waals surface area contributed by atoms with Crippen molar-refractivity contribution in [3.8, 4) is 0 Å². The molecule has 0 spiro atoms. The molecule has 0 rings (SSSR count). The van der Waals surface area contributed by atoms with E-state index in [1.54, 1.807) is 8.26 Å². The second-order valence-electron chi connectivity index (χ2n) is 1.67. The van der Waals surface area contributed by atoms with Gasteiger partial charge in [-0.2, -0.15) is 0 Å². The first kappa shape index (κ1) is 7.88. The van der Waals surface area contributed by atoms with Gasteiger partial charge in [-0.1, -0.05) is 0 Å². The van der Waals surface area contributed by atoms with Crippen molar-refractivity contribution in [3.63, 3.8) is 0 Å². The van der Waals surface area contributed by atoms with Crippen molar-refractivity contribution in [3.05, 3.63) is 0 Å². The van der Waals surface area contributed by atoms with Gasteiger partial charge in [-0.05, 0) is 0 Å². The van der Waals surface area contributed by atoms with Gasteiger partial charge in [0.25, 0.3) is 0 Å². The molecule has 0 nitrogen and oxygen atoms in total. The summed E-state index contributed by atoms with van der Waals surface area (Å²) >= 11 is 0.103. The van der Waals surface area contributed by atoms with Crippen LogP contribution in [0.5, 0.6) is 0 Å². The summed E-state index contributed by atoms with van der Waals surface area (Å²) in [6, 6.07) is 0. The molecule has 0 saturated carbocycles. The van der Waals surface area contributed by atoms with Crippen LogP contribution in [0.1, 0.15) is 26.7 Å². The standard InChI is InChI=1S/2C3H7.Bi/c2*1-3-2;/h2*1,3H2,2H3;. The van der Waals surface area contributed by atoms with E-state index in [1.165, 1.54) is 12.8 Å². The second-order valence-corrected chi connectivity index (χ2v) is 6.89. The SMILES string of the molecule is CC[CH2][Bi][CH2]CC. The average Bonchev–Trinajstić information content (AvgIpc) is 1.69. The van der Waals surface area contributed by atoms with E-state index in [9.17, 15) is 0 Å². The van der Waals surface area contributed by atoms with Crippen LogP contribution in [0.3, 0.4) is 0 Å². The molecule has 0 aromatic heterocycles. The molecule has 0 aliphatic rings. The topological polar surface area (TPSA) is 0 Å². The van der Waals surface area contributed by atoms with Crippen LogP contribution in [0, 0.1) is 0 Å². The minimum absolute atomic E-state index is 0.103. The van der Waals surface area contributed by atoms with Crippen molar-refractivity contribution >= 4 is 23.2 Å². The normalized spacial score (nSPS) is 9.43. The van der Waals surface area contributed by atoms with Crippen molar-refractivity contribution in [2.45, 2.75) is 34.9 Å². The van der Waals surface area contributed by atoms with Gasteiger partial charge in [0.05, 0.1) is 0 Å². The Labute approximate surface area is 58.3 Å². The number of hydrogen-bond acceptors (Lipinski definition) is 0. The quantitative estimate of drug-likeness (QED) is 0.552. The Balaban J connectivity index is 2.45. The Morgan fingerprint density at radius 1 is 1.00 bits per heavy atom. The first-order valence-corrected chi connectivity index (χ1v) is 7.96. The predicted octanol–water partition coefficient (Wildman–Crippen LogP) is 2.35. The minimum atomic E-state index is 0.103. The summed E-state index contributed by atoms with van der Waals surface area (Å²) in [6.45, 7) is 4.58. The molecule has 0 aromatic carbocycles. The summed E-state index contributed by atoms with van der Waals surface area (Å²) < 4.78 is 3.21. The fraction of sp³-hybridized carbons (Fsp3) is 1.00. The zero-order valence-electron chi connectivity index (χ0n) is 5.28. The van der Waals surface area contributed by atoms with Crippen LogP contribution in [-0.2, 0) is 0 Å². The van der Waals surface area contributed by atoms with Gasteiger partial charge in [0, 0.05) is 0 Å². The van der Waals surface area contributed by atoms with E-state index in [0.717, 1.165) is 0 Å². The van der Waals surface area contributed by atoms with Crippen LogP contribution >= 0.6 is 0 Å². The maximum atomic E-state index is 2.29. The van der Waals surface area contributed by atoms with Gasteiger partial charge in [-0.3, -0.25) is 0 Å². The number of rotatable bonds is 4. The third-order valence-electron chi connectivity index (χ3n) is 0.763. The molecule has 43 valence electrons. The third-order valence-corrected chi connectivity index (χ3v) is 6.70. The van der Waals surface area contributed by atoms with Gasteiger partial charge in [0.2, 0.25) is 0 Å². The summed E-state index contributed by atoms with van der Waals surface area (Å²) in [5.74, 6) is 0. The van der Waals surface area contributed by atoms with E-state index < -0.39 is 0 Å². The van der Waals surface area contributed by atoms with Crippen LogP contribution in [-0.4, -0.2) is 23.2 Å². The molecule has 7 heavy (non-hydrogen) atoms. The zero-order chi connectivity index (χ0) is 5.54. The first-order valence-electron chi connectivity index (χ1n) is 3.05. The Bertz CT molecular complexity index is 23.4. The molecule has 0 amide bonds. The summed E-state index contributed by atoms with van der Waals surface area (Å²) in [5.41, 5.74) is 0. The van der Waals surface area contributed by atoms with Crippen molar-refractivity contribution in [1.29, 1.82) is 0 Å². The van der Waals surface area contributed by atoms with E-state index in [0.29, 0.717) is 0 Å². The molecule has 0 N–H and O–H groups in total. The summed E-state index contributed by atoms with van der Waals surface area (Å²) in [7, 11) is 0. The van der Waals surface area contributed by atoms with E-state index in [1.807, 2.05) is 0 Å². The number of hydrogen-bond donors (Lipinski definition) is 0. The molecule has 1 radical (unpaired) electrons. The molecule has 0 aliphatic heterocycles. The third kappa shape index (κ3) is 6.88. The zero-order valence-corrected chi connectivity index (χ0v) is 8.75. The molecule has 0 fully saturated rings. The second kappa shape index (κ2) is 6.88. The van der Waals surface area contributed by atoms with E-state index in [-0.39, 0.29) is 23.2 Å². The fourth-order valence-electron chi connectivity index (χ4n) is 0.428. The Kier molecular flexibility index (Phi) is 7.75. The average molecular weight is 295 g/mol. The van der Waals surface area contributed by atoms with Crippen LogP contribution in [0.25, 0.3) is 0 Å². The van der Waals surface area contributed by atoms with Crippen LogP contribution in [0.2, 0.25) is 8.26 Å². The van der Waals surface area contributed by atoms with Gasteiger partial charge in [-0.15, -0.1) is 0 Å². The Morgan fingerprint density at radius 2 is 1.43 bits per heavy atom. The van der Waals surface area contributed by atoms with E-state index in [2.05, 4.69) is 13.8 Å². The molecule has 0 aliphatic carbocycles. The van der Waals surface area contributed by atoms with E-state index >= 15 is 0 Å². The summed E-state index contributed by atoms with van der Waals surface area (Å²) in [4.78, 5) is 0. The first-order chi connectivity index (χ1) is 3.41. The van der Waals surface area contributed by atoms with Gasteiger partial charge in [0.1, 0.15) is 0 Å². The molecule has 0 saturated heterocycles. The predicted molar refractivity (Wildman–Crippen MR) is 35.9 cm³/mol. The van der Waals surface area contributed by atoms with E-state index in [4.69, 9.17) is 0 Å². The van der Waals surface area contributed by atoms with Crippen molar-refractivity contribution in [1.82, 2.24) is 0 Å². The fourth-order valence-corrected chi connectivity index (χ4v) is 3.76. The van der Waals surface area contributed by atoms with Crippen LogP contribution < -0.4 is 0 Å². The van der Waals surface area contributed by atoms with Gasteiger partial charge < -0.3 is 0 Å². The van der Waals surface area contributed by atoms with Crippen LogP contribution in [0.4, 0.5) is 0 Å². The Hall–Kier alpha value is 0.883. The molecule has 0 bridgehead atoms. The molecule has 0 heterocycles.